The summed E-state index contributed by atoms with van der Waals surface area (Å²) in [5.41, 5.74) is 10.5. The number of hydrogen-bond acceptors (Lipinski definition) is 1. The van der Waals surface area contributed by atoms with Gasteiger partial charge < -0.3 is 4.90 Å². The Morgan fingerprint density at radius 3 is 1.70 bits per heavy atom. The van der Waals surface area contributed by atoms with Crippen LogP contribution in [0.25, 0.3) is 76.5 Å². The summed E-state index contributed by atoms with van der Waals surface area (Å²) in [7, 11) is 0. The van der Waals surface area contributed by atoms with E-state index in [4.69, 9.17) is 0 Å². The number of nitrogens with zero attached hydrogens (tertiary/aromatic N) is 1. The maximum Gasteiger partial charge on any atom is 0.0540 e. The molecule has 0 atom stereocenters. The second-order valence-corrected chi connectivity index (χ2v) is 13.7. The van der Waals surface area contributed by atoms with Crippen LogP contribution in [0.5, 0.6) is 0 Å². The molecule has 0 fully saturated rings. The zero-order valence-corrected chi connectivity index (χ0v) is 29.2. The molecule has 0 N–H and O–H groups in total. The Labute approximate surface area is 309 Å². The van der Waals surface area contributed by atoms with Crippen LogP contribution in [0.4, 0.5) is 17.1 Å². The number of hydrogen-bond donors (Lipinski definition) is 0. The Hall–Kier alpha value is -6.96. The molecule has 1 heteroatoms. The molecule has 0 unspecified atom stereocenters. The first kappa shape index (κ1) is 30.8. The molecule has 53 heavy (non-hydrogen) atoms. The largest absolute Gasteiger partial charge is 0.310 e. The second-order valence-electron chi connectivity index (χ2n) is 13.7. The topological polar surface area (TPSA) is 3.24 Å². The summed E-state index contributed by atoms with van der Waals surface area (Å²) in [5, 5.41) is 10.0. The predicted octanol–water partition coefficient (Wildman–Crippen LogP) is 14.8. The molecule has 0 aromatic heterocycles. The molecule has 0 amide bonds. The molecular weight excluding hydrogens is 639 g/mol. The highest BCUT2D eigenvalue weighted by Gasteiger charge is 2.20. The van der Waals surface area contributed by atoms with E-state index in [-0.39, 0.29) is 0 Å². The third-order valence-electron chi connectivity index (χ3n) is 10.6. The summed E-state index contributed by atoms with van der Waals surface area (Å²) in [5.74, 6) is 0. The maximum atomic E-state index is 2.43. The van der Waals surface area contributed by atoms with Crippen molar-refractivity contribution in [3.63, 3.8) is 0 Å². The number of para-hydroxylation sites is 1. The molecule has 0 saturated carbocycles. The summed E-state index contributed by atoms with van der Waals surface area (Å²) in [4.78, 5) is 2.43. The van der Waals surface area contributed by atoms with E-state index in [1.807, 2.05) is 0 Å². The third-order valence-corrected chi connectivity index (χ3v) is 10.6. The zero-order chi connectivity index (χ0) is 35.1. The Balaban J connectivity index is 1.18. The first-order valence-corrected chi connectivity index (χ1v) is 18.3. The minimum atomic E-state index is 1.10. The highest BCUT2D eigenvalue weighted by Crippen LogP contribution is 2.45. The lowest BCUT2D eigenvalue weighted by Crippen LogP contribution is -2.11. The van der Waals surface area contributed by atoms with Crippen molar-refractivity contribution in [2.45, 2.75) is 0 Å². The molecule has 0 aliphatic rings. The molecule has 0 heterocycles. The lowest BCUT2D eigenvalue weighted by Gasteiger charge is -2.29. The summed E-state index contributed by atoms with van der Waals surface area (Å²) in [6.45, 7) is 0. The molecule has 10 aromatic carbocycles. The molecular formula is C52H35N. The van der Waals surface area contributed by atoms with E-state index < -0.39 is 0 Å². The summed E-state index contributed by atoms with van der Waals surface area (Å²) in [6.07, 6.45) is 0. The van der Waals surface area contributed by atoms with Crippen molar-refractivity contribution in [1.29, 1.82) is 0 Å². The van der Waals surface area contributed by atoms with Gasteiger partial charge in [0.2, 0.25) is 0 Å². The number of rotatable bonds is 6. The van der Waals surface area contributed by atoms with Gasteiger partial charge in [-0.05, 0) is 113 Å². The fourth-order valence-electron chi connectivity index (χ4n) is 8.06. The van der Waals surface area contributed by atoms with E-state index in [1.165, 1.54) is 76.5 Å². The van der Waals surface area contributed by atoms with E-state index in [2.05, 4.69) is 217 Å². The van der Waals surface area contributed by atoms with E-state index in [9.17, 15) is 0 Å². The van der Waals surface area contributed by atoms with Gasteiger partial charge in [-0.1, -0.05) is 170 Å². The van der Waals surface area contributed by atoms with Gasteiger partial charge in [0, 0.05) is 16.9 Å². The highest BCUT2D eigenvalue weighted by molar-refractivity contribution is 6.15. The summed E-state index contributed by atoms with van der Waals surface area (Å²) < 4.78 is 0. The molecule has 248 valence electrons. The van der Waals surface area contributed by atoms with Gasteiger partial charge in [-0.2, -0.15) is 0 Å². The highest BCUT2D eigenvalue weighted by atomic mass is 15.1. The lowest BCUT2D eigenvalue weighted by molar-refractivity contribution is 1.28. The summed E-state index contributed by atoms with van der Waals surface area (Å²) >= 11 is 0. The van der Waals surface area contributed by atoms with Crippen molar-refractivity contribution < 1.29 is 0 Å². The Morgan fingerprint density at radius 1 is 0.245 bits per heavy atom. The average Bonchev–Trinajstić information content (AvgIpc) is 3.24. The molecule has 1 nitrogen and oxygen atoms in total. The number of fused-ring (bicyclic) bond motifs is 5. The Kier molecular flexibility index (Phi) is 7.55. The first-order valence-electron chi connectivity index (χ1n) is 18.3. The monoisotopic (exact) mass is 673 g/mol. The van der Waals surface area contributed by atoms with Crippen LogP contribution in [-0.2, 0) is 0 Å². The molecule has 0 bridgehead atoms. The van der Waals surface area contributed by atoms with Crippen molar-refractivity contribution in [3.8, 4) is 33.4 Å². The molecule has 0 spiro atoms. The molecule has 10 aromatic rings. The quantitative estimate of drug-likeness (QED) is 0.159. The van der Waals surface area contributed by atoms with Crippen LogP contribution < -0.4 is 4.90 Å². The Morgan fingerprint density at radius 2 is 0.849 bits per heavy atom. The van der Waals surface area contributed by atoms with Crippen LogP contribution in [-0.4, -0.2) is 0 Å². The third kappa shape index (κ3) is 5.51. The van der Waals surface area contributed by atoms with Crippen LogP contribution in [0, 0.1) is 0 Å². The van der Waals surface area contributed by atoms with Gasteiger partial charge in [0.05, 0.1) is 5.69 Å². The predicted molar refractivity (Wildman–Crippen MR) is 227 cm³/mol. The normalized spacial score (nSPS) is 11.4. The first-order chi connectivity index (χ1) is 26.3. The fraction of sp³-hybridized carbons (Fsp3) is 0. The van der Waals surface area contributed by atoms with Crippen molar-refractivity contribution in [3.05, 3.63) is 212 Å². The minimum Gasteiger partial charge on any atom is -0.310 e. The van der Waals surface area contributed by atoms with Gasteiger partial charge in [-0.25, -0.2) is 0 Å². The summed E-state index contributed by atoms with van der Waals surface area (Å²) in [6, 6.07) is 77.3. The van der Waals surface area contributed by atoms with Gasteiger partial charge in [0.1, 0.15) is 0 Å². The molecule has 10 rings (SSSR count). The minimum absolute atomic E-state index is 1.10. The lowest BCUT2D eigenvalue weighted by atomic mass is 9.92. The number of benzene rings is 10. The van der Waals surface area contributed by atoms with E-state index in [0.717, 1.165) is 17.1 Å². The van der Waals surface area contributed by atoms with Crippen LogP contribution in [0.15, 0.2) is 212 Å². The van der Waals surface area contributed by atoms with Gasteiger partial charge in [-0.15, -0.1) is 0 Å². The van der Waals surface area contributed by atoms with Crippen molar-refractivity contribution >= 4 is 60.2 Å². The van der Waals surface area contributed by atoms with Crippen LogP contribution >= 0.6 is 0 Å². The van der Waals surface area contributed by atoms with E-state index >= 15 is 0 Å². The van der Waals surface area contributed by atoms with Gasteiger partial charge in [0.15, 0.2) is 0 Å². The second kappa shape index (κ2) is 13.0. The van der Waals surface area contributed by atoms with Crippen LogP contribution in [0.2, 0.25) is 0 Å². The van der Waals surface area contributed by atoms with Crippen molar-refractivity contribution in [2.24, 2.45) is 0 Å². The van der Waals surface area contributed by atoms with E-state index in [1.54, 1.807) is 0 Å². The van der Waals surface area contributed by atoms with Crippen LogP contribution in [0.3, 0.4) is 0 Å². The number of anilines is 3. The van der Waals surface area contributed by atoms with Crippen molar-refractivity contribution in [1.82, 2.24) is 0 Å². The van der Waals surface area contributed by atoms with Crippen LogP contribution in [0.1, 0.15) is 0 Å². The zero-order valence-electron chi connectivity index (χ0n) is 29.2. The maximum absolute atomic E-state index is 2.43. The Bertz CT molecular complexity index is 2950. The fourth-order valence-corrected chi connectivity index (χ4v) is 8.06. The van der Waals surface area contributed by atoms with Gasteiger partial charge >= 0.3 is 0 Å². The average molecular weight is 674 g/mol. The van der Waals surface area contributed by atoms with E-state index in [0.29, 0.717) is 0 Å². The van der Waals surface area contributed by atoms with Gasteiger partial charge in [0.25, 0.3) is 0 Å². The molecule has 0 aliphatic carbocycles. The smallest absolute Gasteiger partial charge is 0.0540 e. The van der Waals surface area contributed by atoms with Gasteiger partial charge in [-0.3, -0.25) is 0 Å². The molecule has 0 aliphatic heterocycles. The standard InChI is InChI=1S/C52H35N/c1-2-15-39-33-40(28-27-36(39)13-1)37-29-31-43(32-30-37)53(44-19-11-18-41(34-44)46-25-12-17-38-14-3-5-20-45(38)46)52-26-10-9-24-50(52)51-35-42-16-4-6-21-47(42)48-22-7-8-23-49(48)51/h1-35H. The van der Waals surface area contributed by atoms with Crippen molar-refractivity contribution in [2.75, 3.05) is 4.90 Å². The molecule has 0 saturated heterocycles. The SMILES string of the molecule is c1cc(-c2cccc3ccccc23)cc(N(c2ccc(-c3ccc4ccccc4c3)cc2)c2ccccc2-c2cc3ccccc3c3ccccc23)c1. The molecule has 0 radical (unpaired) electrons.